The molecule has 280 valence electrons. The normalized spacial score (nSPS) is 18.4. The number of hydrogen-bond donors (Lipinski definition) is 2. The van der Waals surface area contributed by atoms with Crippen LogP contribution < -0.4 is 14.9 Å². The van der Waals surface area contributed by atoms with Gasteiger partial charge in [-0.1, -0.05) is 6.07 Å². The molecule has 2 aliphatic rings. The largest absolute Gasteiger partial charge is 0.455 e. The van der Waals surface area contributed by atoms with Gasteiger partial charge in [0.25, 0.3) is 5.91 Å². The van der Waals surface area contributed by atoms with E-state index in [1.165, 1.54) is 26.2 Å². The Morgan fingerprint density at radius 1 is 1.00 bits per heavy atom. The predicted molar refractivity (Wildman–Crippen MR) is 202 cm³/mol. The quantitative estimate of drug-likeness (QED) is 0.183. The Labute approximate surface area is 312 Å². The fourth-order valence-corrected chi connectivity index (χ4v) is 8.96. The van der Waals surface area contributed by atoms with Crippen LogP contribution >= 0.6 is 0 Å². The van der Waals surface area contributed by atoms with Gasteiger partial charge in [0.05, 0.1) is 45.3 Å². The molecule has 2 amide bonds. The number of furan rings is 1. The molecule has 15 heteroatoms. The number of nitrogens with zero attached hydrogens (tertiary/aromatic N) is 4. The molecule has 1 spiro atoms. The maximum absolute atomic E-state index is 15.3. The summed E-state index contributed by atoms with van der Waals surface area (Å²) in [5.74, 6) is -1.89. The maximum atomic E-state index is 15.3. The Morgan fingerprint density at radius 3 is 2.51 bits per heavy atom. The van der Waals surface area contributed by atoms with Crippen LogP contribution in [-0.4, -0.2) is 61.5 Å². The Balaban J connectivity index is 1.25. The van der Waals surface area contributed by atoms with Gasteiger partial charge in [-0.3, -0.25) is 18.3 Å². The highest BCUT2D eigenvalue weighted by Crippen LogP contribution is 2.51. The summed E-state index contributed by atoms with van der Waals surface area (Å²) in [6.07, 6.45) is 3.90. The zero-order valence-electron chi connectivity index (χ0n) is 29.8. The minimum atomic E-state index is -3.87. The minimum Gasteiger partial charge on any atom is -0.455 e. The number of carbonyl (C=O) groups excluding carboxylic acids is 2. The number of halogens is 3. The summed E-state index contributed by atoms with van der Waals surface area (Å²) in [7, 11) is -1.10. The Hall–Kier alpha value is -5.96. The van der Waals surface area contributed by atoms with Crippen molar-refractivity contribution in [2.24, 2.45) is 11.3 Å². The molecule has 4 aromatic heterocycles. The van der Waals surface area contributed by atoms with Gasteiger partial charge < -0.3 is 15.1 Å². The van der Waals surface area contributed by atoms with E-state index in [-0.39, 0.29) is 50.8 Å². The predicted octanol–water partition coefficient (Wildman–Crippen LogP) is 6.75. The average Bonchev–Trinajstić information content (AvgIpc) is 3.84. The molecule has 55 heavy (non-hydrogen) atoms. The van der Waals surface area contributed by atoms with E-state index in [1.807, 2.05) is 10.5 Å². The van der Waals surface area contributed by atoms with Gasteiger partial charge in [-0.15, -0.1) is 0 Å². The molecule has 3 aromatic carbocycles. The first-order valence-corrected chi connectivity index (χ1v) is 19.5. The lowest BCUT2D eigenvalue weighted by Gasteiger charge is -2.44. The van der Waals surface area contributed by atoms with Crippen molar-refractivity contribution in [1.29, 1.82) is 0 Å². The molecule has 1 aliphatic carbocycles. The van der Waals surface area contributed by atoms with Crippen molar-refractivity contribution < 1.29 is 35.6 Å². The maximum Gasteiger partial charge on any atom is 0.255 e. The highest BCUT2D eigenvalue weighted by molar-refractivity contribution is 7.92. The first-order valence-electron chi connectivity index (χ1n) is 17.6. The first-order chi connectivity index (χ1) is 26.2. The summed E-state index contributed by atoms with van der Waals surface area (Å²) in [5, 5.41) is 6.11. The summed E-state index contributed by atoms with van der Waals surface area (Å²) in [5.41, 5.74) is 2.75. The van der Waals surface area contributed by atoms with Gasteiger partial charge in [-0.05, 0) is 72.7 Å². The smallest absolute Gasteiger partial charge is 0.255 e. The molecule has 11 nitrogen and oxygen atoms in total. The third-order valence-electron chi connectivity index (χ3n) is 11.1. The van der Waals surface area contributed by atoms with Gasteiger partial charge in [0, 0.05) is 62.0 Å². The number of pyridine rings is 1. The van der Waals surface area contributed by atoms with E-state index >= 15 is 8.78 Å². The van der Waals surface area contributed by atoms with E-state index in [0.29, 0.717) is 64.2 Å². The molecule has 7 aromatic rings. The van der Waals surface area contributed by atoms with E-state index in [2.05, 4.69) is 10.6 Å². The van der Waals surface area contributed by atoms with Crippen LogP contribution in [0.25, 0.3) is 61.0 Å². The first kappa shape index (κ1) is 34.8. The van der Waals surface area contributed by atoms with Gasteiger partial charge in [0.2, 0.25) is 15.9 Å². The van der Waals surface area contributed by atoms with Crippen LogP contribution in [0, 0.1) is 28.8 Å². The Kier molecular flexibility index (Phi) is 7.77. The molecule has 9 rings (SSSR count). The second kappa shape index (κ2) is 12.3. The van der Waals surface area contributed by atoms with Crippen molar-refractivity contribution in [3.05, 3.63) is 95.6 Å². The fraction of sp³-hybridized carbons (Fsp3) is 0.250. The van der Waals surface area contributed by atoms with Crippen LogP contribution in [0.2, 0.25) is 0 Å². The van der Waals surface area contributed by atoms with Crippen molar-refractivity contribution in [2.45, 2.75) is 25.7 Å². The number of benzene rings is 3. The van der Waals surface area contributed by atoms with E-state index in [9.17, 15) is 22.4 Å². The SMILES string of the molecule is CNC(=O)c1c(-c2ccc(F)cc2F)oc2cc(N(C)S(C)(=O)=O)c(-c3ccc4nc(CC5CC6(CNC(=O)C6)C5)n5c6cccc(F)c6cc5c4n3)cc12. The lowest BCUT2D eigenvalue weighted by atomic mass is 9.60. The number of carbonyl (C=O) groups is 2. The number of sulfonamides is 1. The number of fused-ring (bicyclic) bond motifs is 6. The third kappa shape index (κ3) is 5.58. The summed E-state index contributed by atoms with van der Waals surface area (Å²) in [6, 6.07) is 15.9. The van der Waals surface area contributed by atoms with Crippen LogP contribution in [0.3, 0.4) is 0 Å². The van der Waals surface area contributed by atoms with E-state index in [4.69, 9.17) is 14.4 Å². The van der Waals surface area contributed by atoms with Crippen molar-refractivity contribution in [2.75, 3.05) is 31.2 Å². The molecule has 0 radical (unpaired) electrons. The number of hydrogen-bond acceptors (Lipinski definition) is 7. The molecule has 1 aliphatic heterocycles. The van der Waals surface area contributed by atoms with E-state index in [0.717, 1.165) is 41.4 Å². The molecule has 1 saturated heterocycles. The number of amides is 2. The van der Waals surface area contributed by atoms with E-state index < -0.39 is 33.4 Å². The number of anilines is 1. The lowest BCUT2D eigenvalue weighted by Crippen LogP contribution is -2.40. The molecule has 5 heterocycles. The average molecular weight is 767 g/mol. The van der Waals surface area contributed by atoms with Crippen molar-refractivity contribution in [1.82, 2.24) is 25.0 Å². The molecule has 2 N–H and O–H groups in total. The standard InChI is InChI=1S/C40H33F3N6O5S/c1-44-39(51)36-25-13-24(31(48(2)55(3,52)53)15-33(25)54-38(36)22-8-7-21(41)12-27(22)43)28-9-10-29-37(47-28)32-14-23-26(42)5-4-6-30(23)49(32)34(46-29)11-20-16-40(17-20)18-35(50)45-19-40/h4-10,12-15,20H,11,16-19H2,1-3H3,(H,44,51)(H,45,50). The van der Waals surface area contributed by atoms with Gasteiger partial charge >= 0.3 is 0 Å². The molecule has 0 unspecified atom stereocenters. The molecule has 0 atom stereocenters. The lowest BCUT2D eigenvalue weighted by molar-refractivity contribution is -0.120. The number of aromatic nitrogens is 3. The second-order valence-corrected chi connectivity index (χ2v) is 16.7. The van der Waals surface area contributed by atoms with Gasteiger partial charge in [-0.2, -0.15) is 0 Å². The summed E-state index contributed by atoms with van der Waals surface area (Å²) in [6.45, 7) is 0.670. The highest BCUT2D eigenvalue weighted by atomic mass is 32.2. The van der Waals surface area contributed by atoms with Gasteiger partial charge in [-0.25, -0.2) is 31.6 Å². The van der Waals surface area contributed by atoms with Crippen LogP contribution in [0.5, 0.6) is 0 Å². The molecule has 1 saturated carbocycles. The summed E-state index contributed by atoms with van der Waals surface area (Å²) >= 11 is 0. The van der Waals surface area contributed by atoms with Crippen LogP contribution in [-0.2, 0) is 21.2 Å². The molecule has 2 fully saturated rings. The van der Waals surface area contributed by atoms with Crippen LogP contribution in [0.1, 0.15) is 35.4 Å². The van der Waals surface area contributed by atoms with Crippen LogP contribution in [0.4, 0.5) is 18.9 Å². The zero-order valence-corrected chi connectivity index (χ0v) is 30.7. The summed E-state index contributed by atoms with van der Waals surface area (Å²) < 4.78 is 79.4. The Bertz CT molecular complexity index is 2920. The number of rotatable bonds is 7. The fourth-order valence-electron chi connectivity index (χ4n) is 8.45. The molecular formula is C40H33F3N6O5S. The monoisotopic (exact) mass is 766 g/mol. The third-order valence-corrected chi connectivity index (χ3v) is 12.3. The van der Waals surface area contributed by atoms with Gasteiger partial charge in [0.15, 0.2) is 5.76 Å². The van der Waals surface area contributed by atoms with Gasteiger partial charge in [0.1, 0.15) is 34.4 Å². The van der Waals surface area contributed by atoms with E-state index in [1.54, 1.807) is 30.3 Å². The summed E-state index contributed by atoms with van der Waals surface area (Å²) in [4.78, 5) is 35.4. The van der Waals surface area contributed by atoms with Crippen LogP contribution in [0.15, 0.2) is 71.1 Å². The molecular weight excluding hydrogens is 734 g/mol. The van der Waals surface area contributed by atoms with Crippen molar-refractivity contribution in [3.63, 3.8) is 0 Å². The topological polar surface area (TPSA) is 139 Å². The number of nitrogens with one attached hydrogen (secondary N) is 2. The second-order valence-electron chi connectivity index (χ2n) is 14.7. The Morgan fingerprint density at radius 2 is 1.80 bits per heavy atom. The van der Waals surface area contributed by atoms with Crippen molar-refractivity contribution >= 4 is 65.9 Å². The minimum absolute atomic E-state index is 0.0302. The highest BCUT2D eigenvalue weighted by Gasteiger charge is 2.49. The van der Waals surface area contributed by atoms with Crippen molar-refractivity contribution in [3.8, 4) is 22.6 Å². The molecule has 0 bridgehead atoms. The zero-order chi connectivity index (χ0) is 38.6.